The first-order chi connectivity index (χ1) is 8.16. The molecule has 0 radical (unpaired) electrons. The van der Waals surface area contributed by atoms with E-state index in [4.69, 9.17) is 17.3 Å². The molecule has 1 fully saturated rings. The number of rotatable bonds is 4. The monoisotopic (exact) mass is 252 g/mol. The number of carbonyl (C=O) groups excluding carboxylic acids is 1. The molecule has 1 saturated heterocycles. The topological polar surface area (TPSA) is 46.3 Å². The molecule has 4 heteroatoms. The summed E-state index contributed by atoms with van der Waals surface area (Å²) in [7, 11) is 0. The van der Waals surface area contributed by atoms with Crippen molar-refractivity contribution in [2.24, 2.45) is 5.73 Å². The number of benzene rings is 1. The molecule has 0 spiro atoms. The maximum atomic E-state index is 11.5. The zero-order valence-electron chi connectivity index (χ0n) is 9.73. The van der Waals surface area contributed by atoms with Gasteiger partial charge in [0.25, 0.3) is 0 Å². The Hall–Kier alpha value is -1.06. The molecule has 2 N–H and O–H groups in total. The van der Waals surface area contributed by atoms with E-state index < -0.39 is 0 Å². The second kappa shape index (κ2) is 5.52. The van der Waals surface area contributed by atoms with Gasteiger partial charge in [0, 0.05) is 11.6 Å². The highest BCUT2D eigenvalue weighted by Crippen LogP contribution is 2.21. The fourth-order valence-electron chi connectivity index (χ4n) is 2.28. The van der Waals surface area contributed by atoms with Crippen molar-refractivity contribution >= 4 is 17.5 Å². The SMILES string of the molecule is NC(=O)C(CN1CCCC1)c1ccc(Cl)cc1. The lowest BCUT2D eigenvalue weighted by molar-refractivity contribution is -0.119. The van der Waals surface area contributed by atoms with Gasteiger partial charge in [-0.2, -0.15) is 0 Å². The highest BCUT2D eigenvalue weighted by molar-refractivity contribution is 6.30. The van der Waals surface area contributed by atoms with Crippen LogP contribution in [-0.4, -0.2) is 30.4 Å². The minimum Gasteiger partial charge on any atom is -0.369 e. The van der Waals surface area contributed by atoms with Gasteiger partial charge in [0.1, 0.15) is 0 Å². The van der Waals surface area contributed by atoms with Crippen molar-refractivity contribution in [1.82, 2.24) is 4.90 Å². The van der Waals surface area contributed by atoms with E-state index in [0.29, 0.717) is 5.02 Å². The summed E-state index contributed by atoms with van der Waals surface area (Å²) in [6.07, 6.45) is 2.43. The van der Waals surface area contributed by atoms with Gasteiger partial charge in [0.2, 0.25) is 5.91 Å². The third kappa shape index (κ3) is 3.20. The largest absolute Gasteiger partial charge is 0.369 e. The summed E-state index contributed by atoms with van der Waals surface area (Å²) in [5, 5.41) is 0.679. The van der Waals surface area contributed by atoms with Gasteiger partial charge in [-0.15, -0.1) is 0 Å². The Morgan fingerprint density at radius 1 is 1.29 bits per heavy atom. The number of carbonyl (C=O) groups is 1. The Morgan fingerprint density at radius 3 is 2.41 bits per heavy atom. The summed E-state index contributed by atoms with van der Waals surface area (Å²) in [5.41, 5.74) is 6.44. The molecule has 0 aliphatic carbocycles. The average Bonchev–Trinajstić information content (AvgIpc) is 2.80. The van der Waals surface area contributed by atoms with E-state index in [-0.39, 0.29) is 11.8 Å². The lowest BCUT2D eigenvalue weighted by atomic mass is 9.98. The first-order valence-corrected chi connectivity index (χ1v) is 6.32. The summed E-state index contributed by atoms with van der Waals surface area (Å²) >= 11 is 5.84. The zero-order valence-corrected chi connectivity index (χ0v) is 10.5. The molecule has 2 rings (SSSR count). The van der Waals surface area contributed by atoms with Crippen LogP contribution in [0.15, 0.2) is 24.3 Å². The number of nitrogens with zero attached hydrogens (tertiary/aromatic N) is 1. The minimum atomic E-state index is -0.265. The number of hydrogen-bond acceptors (Lipinski definition) is 2. The molecule has 1 aliphatic heterocycles. The molecule has 0 aromatic heterocycles. The third-order valence-corrected chi connectivity index (χ3v) is 3.51. The molecule has 1 aromatic carbocycles. The van der Waals surface area contributed by atoms with Crippen molar-refractivity contribution in [3.63, 3.8) is 0 Å². The van der Waals surface area contributed by atoms with Crippen LogP contribution in [0.3, 0.4) is 0 Å². The molecule has 1 aliphatic rings. The molecule has 1 heterocycles. The molecular formula is C13H17ClN2O. The number of likely N-dealkylation sites (tertiary alicyclic amines) is 1. The van der Waals surface area contributed by atoms with Gasteiger partial charge in [-0.25, -0.2) is 0 Å². The zero-order chi connectivity index (χ0) is 12.3. The molecule has 17 heavy (non-hydrogen) atoms. The quantitative estimate of drug-likeness (QED) is 0.891. The fraction of sp³-hybridized carbons (Fsp3) is 0.462. The van der Waals surface area contributed by atoms with Crippen LogP contribution in [0.4, 0.5) is 0 Å². The van der Waals surface area contributed by atoms with Gasteiger partial charge in [-0.1, -0.05) is 23.7 Å². The summed E-state index contributed by atoms with van der Waals surface area (Å²) in [6.45, 7) is 2.85. The molecule has 3 nitrogen and oxygen atoms in total. The van der Waals surface area contributed by atoms with Gasteiger partial charge in [-0.3, -0.25) is 4.79 Å². The Labute approximate surface area is 107 Å². The number of amides is 1. The van der Waals surface area contributed by atoms with Crippen LogP contribution in [0.25, 0.3) is 0 Å². The number of nitrogens with two attached hydrogens (primary N) is 1. The van der Waals surface area contributed by atoms with Gasteiger partial charge >= 0.3 is 0 Å². The van der Waals surface area contributed by atoms with Crippen LogP contribution in [0.5, 0.6) is 0 Å². The van der Waals surface area contributed by atoms with Gasteiger partial charge in [-0.05, 0) is 43.6 Å². The molecule has 1 amide bonds. The second-order valence-corrected chi connectivity index (χ2v) is 4.95. The summed E-state index contributed by atoms with van der Waals surface area (Å²) in [4.78, 5) is 13.8. The average molecular weight is 253 g/mol. The van der Waals surface area contributed by atoms with E-state index >= 15 is 0 Å². The van der Waals surface area contributed by atoms with Crippen molar-refractivity contribution in [2.45, 2.75) is 18.8 Å². The Balaban J connectivity index is 2.10. The summed E-state index contributed by atoms with van der Waals surface area (Å²) < 4.78 is 0. The predicted molar refractivity (Wildman–Crippen MR) is 69.1 cm³/mol. The standard InChI is InChI=1S/C13H17ClN2O/c14-11-5-3-10(4-6-11)12(13(15)17)9-16-7-1-2-8-16/h3-6,12H,1-2,7-9H2,(H2,15,17). The van der Waals surface area contributed by atoms with Crippen LogP contribution in [-0.2, 0) is 4.79 Å². The Bertz CT molecular complexity index is 385. The van der Waals surface area contributed by atoms with Crippen LogP contribution in [0, 0.1) is 0 Å². The van der Waals surface area contributed by atoms with E-state index in [1.165, 1.54) is 12.8 Å². The van der Waals surface area contributed by atoms with Crippen LogP contribution < -0.4 is 5.73 Å². The molecule has 1 unspecified atom stereocenters. The first-order valence-electron chi connectivity index (χ1n) is 5.94. The fourth-order valence-corrected chi connectivity index (χ4v) is 2.40. The van der Waals surface area contributed by atoms with E-state index in [2.05, 4.69) is 4.90 Å². The number of primary amides is 1. The molecular weight excluding hydrogens is 236 g/mol. The third-order valence-electron chi connectivity index (χ3n) is 3.26. The smallest absolute Gasteiger partial charge is 0.226 e. The lowest BCUT2D eigenvalue weighted by Gasteiger charge is -2.21. The number of halogens is 1. The van der Waals surface area contributed by atoms with E-state index in [9.17, 15) is 4.79 Å². The van der Waals surface area contributed by atoms with E-state index in [0.717, 1.165) is 25.2 Å². The molecule has 92 valence electrons. The van der Waals surface area contributed by atoms with Crippen LogP contribution >= 0.6 is 11.6 Å². The predicted octanol–water partition coefficient (Wildman–Crippen LogP) is 2.00. The molecule has 0 bridgehead atoms. The van der Waals surface area contributed by atoms with Crippen molar-refractivity contribution < 1.29 is 4.79 Å². The molecule has 1 aromatic rings. The molecule has 0 saturated carbocycles. The maximum absolute atomic E-state index is 11.5. The van der Waals surface area contributed by atoms with Gasteiger partial charge in [0.15, 0.2) is 0 Å². The van der Waals surface area contributed by atoms with E-state index in [1.54, 1.807) is 12.1 Å². The van der Waals surface area contributed by atoms with Gasteiger partial charge < -0.3 is 10.6 Å². The second-order valence-electron chi connectivity index (χ2n) is 4.51. The van der Waals surface area contributed by atoms with Crippen molar-refractivity contribution in [1.29, 1.82) is 0 Å². The highest BCUT2D eigenvalue weighted by Gasteiger charge is 2.22. The number of hydrogen-bond donors (Lipinski definition) is 1. The maximum Gasteiger partial charge on any atom is 0.226 e. The van der Waals surface area contributed by atoms with Crippen molar-refractivity contribution in [2.75, 3.05) is 19.6 Å². The first kappa shape index (κ1) is 12.4. The summed E-state index contributed by atoms with van der Waals surface area (Å²) in [6, 6.07) is 7.37. The normalized spacial score (nSPS) is 18.2. The Kier molecular flexibility index (Phi) is 4.02. The van der Waals surface area contributed by atoms with Crippen molar-refractivity contribution in [3.8, 4) is 0 Å². The lowest BCUT2D eigenvalue weighted by Crippen LogP contribution is -2.33. The highest BCUT2D eigenvalue weighted by atomic mass is 35.5. The minimum absolute atomic E-state index is 0.231. The van der Waals surface area contributed by atoms with Crippen LogP contribution in [0.1, 0.15) is 24.3 Å². The van der Waals surface area contributed by atoms with Crippen LogP contribution in [0.2, 0.25) is 5.02 Å². The van der Waals surface area contributed by atoms with Gasteiger partial charge in [0.05, 0.1) is 5.92 Å². The molecule has 1 atom stereocenters. The van der Waals surface area contributed by atoms with Crippen molar-refractivity contribution in [3.05, 3.63) is 34.9 Å². The summed E-state index contributed by atoms with van der Waals surface area (Å²) in [5.74, 6) is -0.496. The van der Waals surface area contributed by atoms with E-state index in [1.807, 2.05) is 12.1 Å². The Morgan fingerprint density at radius 2 is 1.88 bits per heavy atom.